The Bertz CT molecular complexity index is 982. The zero-order valence-corrected chi connectivity index (χ0v) is 25.0. The summed E-state index contributed by atoms with van der Waals surface area (Å²) in [5.41, 5.74) is 0. The van der Waals surface area contributed by atoms with Gasteiger partial charge in [0.15, 0.2) is 0 Å². The highest BCUT2D eigenvalue weighted by Crippen LogP contribution is 2.35. The summed E-state index contributed by atoms with van der Waals surface area (Å²) in [6.07, 6.45) is 10.2. The SMILES string of the molecule is CC1CCCCC1NC(=O)NC1CCC(CC(=O)N(C)C2CCC3C(C2)C(=O)N(CCC(=O)O)CC(=O)N3C)CC1. The van der Waals surface area contributed by atoms with Gasteiger partial charge in [-0.25, -0.2) is 4.79 Å². The summed E-state index contributed by atoms with van der Waals surface area (Å²) in [6.45, 7) is 2.11. The molecule has 4 rings (SSSR count). The van der Waals surface area contributed by atoms with E-state index in [1.165, 1.54) is 24.2 Å². The Hall–Kier alpha value is -2.85. The van der Waals surface area contributed by atoms with Crippen molar-refractivity contribution in [3.05, 3.63) is 0 Å². The topological polar surface area (TPSA) is 139 Å². The average Bonchev–Trinajstić information content (AvgIpc) is 3.03. The highest BCUT2D eigenvalue weighted by Gasteiger charge is 2.45. The molecule has 3 saturated carbocycles. The van der Waals surface area contributed by atoms with Gasteiger partial charge in [-0.05, 0) is 69.6 Å². The Balaban J connectivity index is 1.24. The van der Waals surface area contributed by atoms with Crippen LogP contribution in [0.15, 0.2) is 0 Å². The Morgan fingerprint density at radius 3 is 2.37 bits per heavy atom. The Labute approximate surface area is 243 Å². The van der Waals surface area contributed by atoms with E-state index < -0.39 is 11.9 Å². The fraction of sp³-hybridized carbons (Fsp3) is 0.833. The standard InChI is InChI=1S/C30H49N5O6/c1-19-6-4-5-7-24(19)32-30(41)31-21-10-8-20(9-11-21)16-26(36)33(2)22-12-13-25-23(17-22)29(40)35(15-14-28(38)39)18-27(37)34(25)3/h19-25H,4-18H2,1-3H3,(H,38,39)(H2,31,32,41). The summed E-state index contributed by atoms with van der Waals surface area (Å²) < 4.78 is 0. The van der Waals surface area contributed by atoms with E-state index in [1.54, 1.807) is 16.8 Å². The third-order valence-electron chi connectivity index (χ3n) is 10.2. The number of carboxylic acids is 1. The number of amides is 5. The van der Waals surface area contributed by atoms with E-state index in [1.807, 2.05) is 7.05 Å². The molecule has 5 amide bonds. The minimum absolute atomic E-state index is 0.00922. The van der Waals surface area contributed by atoms with Gasteiger partial charge in [-0.3, -0.25) is 19.2 Å². The second kappa shape index (κ2) is 13.9. The molecule has 0 aromatic heterocycles. The van der Waals surface area contributed by atoms with Crippen LogP contribution >= 0.6 is 0 Å². The van der Waals surface area contributed by atoms with Gasteiger partial charge in [0.1, 0.15) is 0 Å². The molecule has 4 fully saturated rings. The first-order valence-electron chi connectivity index (χ1n) is 15.6. The predicted octanol–water partition coefficient (Wildman–Crippen LogP) is 2.58. The van der Waals surface area contributed by atoms with Crippen LogP contribution in [0.4, 0.5) is 4.79 Å². The van der Waals surface area contributed by atoms with Crippen LogP contribution in [-0.4, -0.2) is 101 Å². The Morgan fingerprint density at radius 2 is 1.68 bits per heavy atom. The van der Waals surface area contributed by atoms with Gasteiger partial charge in [0.25, 0.3) is 0 Å². The second-order valence-electron chi connectivity index (χ2n) is 13.0. The lowest BCUT2D eigenvalue weighted by Gasteiger charge is -2.42. The molecule has 1 heterocycles. The van der Waals surface area contributed by atoms with E-state index in [-0.39, 0.29) is 73.3 Å². The molecule has 11 nitrogen and oxygen atoms in total. The minimum Gasteiger partial charge on any atom is -0.481 e. The van der Waals surface area contributed by atoms with Crippen molar-refractivity contribution in [2.45, 2.75) is 115 Å². The molecule has 0 aromatic rings. The fourth-order valence-electron chi connectivity index (χ4n) is 7.44. The molecular weight excluding hydrogens is 526 g/mol. The molecule has 4 aliphatic rings. The molecule has 5 unspecified atom stereocenters. The first-order valence-corrected chi connectivity index (χ1v) is 15.6. The van der Waals surface area contributed by atoms with Crippen molar-refractivity contribution in [2.24, 2.45) is 17.8 Å². The lowest BCUT2D eigenvalue weighted by Crippen LogP contribution is -2.51. The van der Waals surface area contributed by atoms with E-state index in [0.717, 1.165) is 38.5 Å². The van der Waals surface area contributed by atoms with Crippen LogP contribution < -0.4 is 10.6 Å². The Kier molecular flexibility index (Phi) is 10.5. The van der Waals surface area contributed by atoms with E-state index in [0.29, 0.717) is 25.2 Å². The molecule has 1 saturated heterocycles. The van der Waals surface area contributed by atoms with Crippen LogP contribution in [-0.2, 0) is 19.2 Å². The Morgan fingerprint density at radius 1 is 0.976 bits per heavy atom. The normalized spacial score (nSPS) is 32.5. The van der Waals surface area contributed by atoms with Crippen LogP contribution in [0.25, 0.3) is 0 Å². The minimum atomic E-state index is -1.01. The van der Waals surface area contributed by atoms with Gasteiger partial charge in [-0.2, -0.15) is 0 Å². The molecule has 1 aliphatic heterocycles. The van der Waals surface area contributed by atoms with Gasteiger partial charge in [0.2, 0.25) is 17.7 Å². The average molecular weight is 576 g/mol. The van der Waals surface area contributed by atoms with Crippen molar-refractivity contribution in [1.29, 1.82) is 0 Å². The van der Waals surface area contributed by atoms with Gasteiger partial charge in [0.05, 0.1) is 18.9 Å². The highest BCUT2D eigenvalue weighted by molar-refractivity contribution is 5.89. The molecule has 0 bridgehead atoms. The summed E-state index contributed by atoms with van der Waals surface area (Å²) in [6, 6.07) is -0.00509. The van der Waals surface area contributed by atoms with Crippen LogP contribution in [0, 0.1) is 17.8 Å². The van der Waals surface area contributed by atoms with Crippen molar-refractivity contribution in [3.8, 4) is 0 Å². The molecule has 11 heteroatoms. The number of hydrogen-bond donors (Lipinski definition) is 3. The highest BCUT2D eigenvalue weighted by atomic mass is 16.4. The summed E-state index contributed by atoms with van der Waals surface area (Å²) in [7, 11) is 3.53. The second-order valence-corrected chi connectivity index (χ2v) is 13.0. The molecule has 5 atom stereocenters. The van der Waals surface area contributed by atoms with E-state index in [9.17, 15) is 24.0 Å². The molecule has 230 valence electrons. The summed E-state index contributed by atoms with van der Waals surface area (Å²) in [4.78, 5) is 67.9. The lowest BCUT2D eigenvalue weighted by atomic mass is 9.79. The number of fused-ring (bicyclic) bond motifs is 1. The van der Waals surface area contributed by atoms with Crippen molar-refractivity contribution < 1.29 is 29.1 Å². The van der Waals surface area contributed by atoms with Crippen molar-refractivity contribution in [1.82, 2.24) is 25.3 Å². The molecule has 0 spiro atoms. The number of carbonyl (C=O) groups excluding carboxylic acids is 4. The van der Waals surface area contributed by atoms with E-state index in [4.69, 9.17) is 5.11 Å². The van der Waals surface area contributed by atoms with Crippen LogP contribution in [0.2, 0.25) is 0 Å². The first kappa shape index (κ1) is 31.1. The maximum Gasteiger partial charge on any atom is 0.315 e. The zero-order chi connectivity index (χ0) is 29.7. The fourth-order valence-corrected chi connectivity index (χ4v) is 7.44. The number of likely N-dealkylation sites (N-methyl/N-ethyl adjacent to an activating group) is 1. The number of nitrogens with zero attached hydrogens (tertiary/aromatic N) is 3. The lowest BCUT2D eigenvalue weighted by molar-refractivity contribution is -0.143. The van der Waals surface area contributed by atoms with Gasteiger partial charge in [-0.15, -0.1) is 0 Å². The molecule has 0 aromatic carbocycles. The van der Waals surface area contributed by atoms with Crippen molar-refractivity contribution in [3.63, 3.8) is 0 Å². The van der Waals surface area contributed by atoms with Crippen LogP contribution in [0.1, 0.15) is 90.4 Å². The third-order valence-corrected chi connectivity index (χ3v) is 10.2. The number of carbonyl (C=O) groups is 5. The van der Waals surface area contributed by atoms with Gasteiger partial charge < -0.3 is 30.4 Å². The van der Waals surface area contributed by atoms with Gasteiger partial charge in [-0.1, -0.05) is 19.8 Å². The molecule has 3 N–H and O–H groups in total. The molecular formula is C30H49N5O6. The van der Waals surface area contributed by atoms with E-state index >= 15 is 0 Å². The molecule has 3 aliphatic carbocycles. The zero-order valence-electron chi connectivity index (χ0n) is 25.0. The number of carboxylic acid groups (broad SMARTS) is 1. The van der Waals surface area contributed by atoms with Crippen LogP contribution in [0.3, 0.4) is 0 Å². The maximum atomic E-state index is 13.4. The number of hydrogen-bond acceptors (Lipinski definition) is 5. The van der Waals surface area contributed by atoms with Crippen LogP contribution in [0.5, 0.6) is 0 Å². The monoisotopic (exact) mass is 575 g/mol. The van der Waals surface area contributed by atoms with Gasteiger partial charge >= 0.3 is 12.0 Å². The number of aliphatic carboxylic acids is 1. The maximum absolute atomic E-state index is 13.4. The summed E-state index contributed by atoms with van der Waals surface area (Å²) >= 11 is 0. The quantitative estimate of drug-likeness (QED) is 0.407. The number of rotatable bonds is 8. The summed E-state index contributed by atoms with van der Waals surface area (Å²) in [5, 5.41) is 15.4. The van der Waals surface area contributed by atoms with E-state index in [2.05, 4.69) is 17.6 Å². The van der Waals surface area contributed by atoms with Crippen molar-refractivity contribution in [2.75, 3.05) is 27.2 Å². The number of nitrogens with one attached hydrogen (secondary N) is 2. The largest absolute Gasteiger partial charge is 0.481 e. The predicted molar refractivity (Wildman–Crippen MR) is 153 cm³/mol. The first-order chi connectivity index (χ1) is 19.5. The molecule has 41 heavy (non-hydrogen) atoms. The van der Waals surface area contributed by atoms with Gasteiger partial charge in [0, 0.05) is 51.2 Å². The summed E-state index contributed by atoms with van der Waals surface area (Å²) in [5.74, 6) is -0.953. The smallest absolute Gasteiger partial charge is 0.315 e. The number of urea groups is 1. The third kappa shape index (κ3) is 7.92. The molecule has 0 radical (unpaired) electrons. The van der Waals surface area contributed by atoms with Crippen molar-refractivity contribution >= 4 is 29.7 Å².